The zero-order chi connectivity index (χ0) is 24.7. The highest BCUT2D eigenvalue weighted by Gasteiger charge is 2.42. The number of hydrogen-bond donors (Lipinski definition) is 2. The monoisotopic (exact) mass is 484 g/mol. The van der Waals surface area contributed by atoms with Crippen molar-refractivity contribution >= 4 is 11.8 Å². The molecular weight excluding hydrogens is 457 g/mol. The SMILES string of the molecule is O=C(N[C@H]1CC[C@@H](c2ccccc2)CC1)C1=C(O)C(=O)N(C2CCc3ccc(C(F)(F)F)cc32)C1. The summed E-state index contributed by atoms with van der Waals surface area (Å²) in [5, 5.41) is 13.4. The first-order valence-corrected chi connectivity index (χ1v) is 12.0. The molecule has 0 saturated heterocycles. The maximum atomic E-state index is 13.2. The standard InChI is InChI=1S/C27H27F3N2O3/c28-27(29,30)19-10-6-18-9-13-23(21(18)14-19)32-15-22(24(33)26(32)35)25(34)31-20-11-7-17(8-12-20)16-4-2-1-3-5-16/h1-6,10,14,17,20,23,33H,7-9,11-13,15H2,(H,31,34)/t17-,20+,23?. The van der Waals surface area contributed by atoms with Gasteiger partial charge in [0.2, 0.25) is 0 Å². The highest BCUT2D eigenvalue weighted by molar-refractivity contribution is 6.07. The fourth-order valence-corrected chi connectivity index (χ4v) is 5.66. The third kappa shape index (κ3) is 4.54. The van der Waals surface area contributed by atoms with E-state index in [-0.39, 0.29) is 18.2 Å². The second kappa shape index (κ2) is 9.06. The molecule has 0 spiro atoms. The molecule has 0 bridgehead atoms. The smallest absolute Gasteiger partial charge is 0.416 e. The number of benzene rings is 2. The van der Waals surface area contributed by atoms with Crippen molar-refractivity contribution in [1.82, 2.24) is 10.2 Å². The Balaban J connectivity index is 1.24. The topological polar surface area (TPSA) is 69.6 Å². The molecule has 5 rings (SSSR count). The third-order valence-electron chi connectivity index (χ3n) is 7.58. The highest BCUT2D eigenvalue weighted by Crippen LogP contribution is 2.42. The molecule has 1 heterocycles. The first kappa shape index (κ1) is 23.5. The van der Waals surface area contributed by atoms with E-state index in [0.29, 0.717) is 24.3 Å². The number of nitrogens with one attached hydrogen (secondary N) is 1. The Morgan fingerprint density at radius 2 is 1.71 bits per heavy atom. The van der Waals surface area contributed by atoms with Gasteiger partial charge in [-0.05, 0) is 73.3 Å². The number of aliphatic hydroxyl groups is 1. The molecule has 2 aliphatic carbocycles. The number of hydrogen-bond acceptors (Lipinski definition) is 3. The lowest BCUT2D eigenvalue weighted by Gasteiger charge is -2.29. The van der Waals surface area contributed by atoms with Gasteiger partial charge in [-0.1, -0.05) is 36.4 Å². The van der Waals surface area contributed by atoms with Gasteiger partial charge in [-0.2, -0.15) is 13.2 Å². The number of amides is 2. The van der Waals surface area contributed by atoms with Crippen molar-refractivity contribution in [1.29, 1.82) is 0 Å². The maximum Gasteiger partial charge on any atom is 0.416 e. The molecule has 0 aromatic heterocycles. The summed E-state index contributed by atoms with van der Waals surface area (Å²) in [6.45, 7) is -0.115. The zero-order valence-electron chi connectivity index (χ0n) is 19.1. The average Bonchev–Trinajstić information content (AvgIpc) is 3.40. The Hall–Kier alpha value is -3.29. The third-order valence-corrected chi connectivity index (χ3v) is 7.58. The van der Waals surface area contributed by atoms with Gasteiger partial charge in [0, 0.05) is 6.04 Å². The van der Waals surface area contributed by atoms with E-state index in [2.05, 4.69) is 17.4 Å². The fourth-order valence-electron chi connectivity index (χ4n) is 5.66. The van der Waals surface area contributed by atoms with Gasteiger partial charge in [0.15, 0.2) is 5.76 Å². The van der Waals surface area contributed by atoms with Crippen molar-refractivity contribution in [3.8, 4) is 0 Å². The summed E-state index contributed by atoms with van der Waals surface area (Å²) >= 11 is 0. The second-order valence-corrected chi connectivity index (χ2v) is 9.66. The molecule has 2 aromatic carbocycles. The molecule has 1 atom stereocenters. The number of nitrogens with zero attached hydrogens (tertiary/aromatic N) is 1. The van der Waals surface area contributed by atoms with Crippen molar-refractivity contribution in [2.75, 3.05) is 6.54 Å². The van der Waals surface area contributed by atoms with E-state index in [1.165, 1.54) is 16.5 Å². The van der Waals surface area contributed by atoms with Crippen molar-refractivity contribution in [2.45, 2.75) is 62.7 Å². The Morgan fingerprint density at radius 1 is 1.00 bits per heavy atom. The lowest BCUT2D eigenvalue weighted by atomic mass is 9.82. The van der Waals surface area contributed by atoms with Crippen molar-refractivity contribution in [3.05, 3.63) is 82.1 Å². The summed E-state index contributed by atoms with van der Waals surface area (Å²) in [5.41, 5.74) is 1.70. The van der Waals surface area contributed by atoms with E-state index < -0.39 is 35.4 Å². The van der Waals surface area contributed by atoms with Crippen LogP contribution in [0.1, 0.15) is 66.3 Å². The van der Waals surface area contributed by atoms with Crippen LogP contribution in [0.2, 0.25) is 0 Å². The van der Waals surface area contributed by atoms with Crippen LogP contribution in [0.5, 0.6) is 0 Å². The van der Waals surface area contributed by atoms with Gasteiger partial charge in [0.1, 0.15) is 0 Å². The molecule has 2 N–H and O–H groups in total. The molecule has 3 aliphatic rings. The summed E-state index contributed by atoms with van der Waals surface area (Å²) < 4.78 is 39.7. The predicted molar refractivity (Wildman–Crippen MR) is 123 cm³/mol. The first-order chi connectivity index (χ1) is 16.7. The molecule has 1 saturated carbocycles. The lowest BCUT2D eigenvalue weighted by molar-refractivity contribution is -0.137. The number of fused-ring (bicyclic) bond motifs is 1. The van der Waals surface area contributed by atoms with Gasteiger partial charge in [-0.15, -0.1) is 0 Å². The number of carbonyl (C=O) groups is 2. The predicted octanol–water partition coefficient (Wildman–Crippen LogP) is 5.19. The number of alkyl halides is 3. The minimum absolute atomic E-state index is 0.0133. The van der Waals surface area contributed by atoms with E-state index in [9.17, 15) is 27.9 Å². The number of aryl methyl sites for hydroxylation is 1. The second-order valence-electron chi connectivity index (χ2n) is 9.66. The average molecular weight is 485 g/mol. The van der Waals surface area contributed by atoms with Crippen LogP contribution in [0.15, 0.2) is 59.9 Å². The van der Waals surface area contributed by atoms with Gasteiger partial charge in [-0.25, -0.2) is 0 Å². The summed E-state index contributed by atoms with van der Waals surface area (Å²) in [5.74, 6) is -1.35. The molecule has 184 valence electrons. The molecule has 0 radical (unpaired) electrons. The number of aliphatic hydroxyl groups excluding tert-OH is 1. The van der Waals surface area contributed by atoms with Gasteiger partial charge in [-0.3, -0.25) is 9.59 Å². The number of carbonyl (C=O) groups excluding carboxylic acids is 2. The number of rotatable bonds is 4. The molecule has 2 amide bonds. The van der Waals surface area contributed by atoms with Crippen LogP contribution in [-0.2, 0) is 22.2 Å². The zero-order valence-corrected chi connectivity index (χ0v) is 19.1. The van der Waals surface area contributed by atoms with Crippen molar-refractivity contribution in [3.63, 3.8) is 0 Å². The molecule has 35 heavy (non-hydrogen) atoms. The molecule has 1 aliphatic heterocycles. The Labute approximate surface area is 201 Å². The highest BCUT2D eigenvalue weighted by atomic mass is 19.4. The Kier molecular flexibility index (Phi) is 6.07. The quantitative estimate of drug-likeness (QED) is 0.628. The summed E-state index contributed by atoms with van der Waals surface area (Å²) in [6.07, 6.45) is -0.0254. The lowest BCUT2D eigenvalue weighted by Crippen LogP contribution is -2.39. The van der Waals surface area contributed by atoms with Crippen LogP contribution >= 0.6 is 0 Å². The van der Waals surface area contributed by atoms with E-state index in [4.69, 9.17) is 0 Å². The summed E-state index contributed by atoms with van der Waals surface area (Å²) in [7, 11) is 0. The fraction of sp³-hybridized carbons (Fsp3) is 0.407. The van der Waals surface area contributed by atoms with E-state index in [0.717, 1.165) is 43.4 Å². The van der Waals surface area contributed by atoms with Crippen LogP contribution in [0.25, 0.3) is 0 Å². The first-order valence-electron chi connectivity index (χ1n) is 12.0. The van der Waals surface area contributed by atoms with Gasteiger partial charge >= 0.3 is 6.18 Å². The largest absolute Gasteiger partial charge is 0.503 e. The van der Waals surface area contributed by atoms with Crippen LogP contribution in [0.4, 0.5) is 13.2 Å². The molecule has 1 fully saturated rings. The minimum atomic E-state index is -4.48. The van der Waals surface area contributed by atoms with E-state index in [1.807, 2.05) is 18.2 Å². The van der Waals surface area contributed by atoms with Gasteiger partial charge in [0.05, 0.1) is 23.7 Å². The molecule has 2 aromatic rings. The molecule has 5 nitrogen and oxygen atoms in total. The maximum absolute atomic E-state index is 13.2. The van der Waals surface area contributed by atoms with Crippen LogP contribution in [0.3, 0.4) is 0 Å². The van der Waals surface area contributed by atoms with E-state index in [1.54, 1.807) is 0 Å². The normalized spacial score (nSPS) is 24.6. The van der Waals surface area contributed by atoms with Gasteiger partial charge in [0.25, 0.3) is 11.8 Å². The molecule has 8 heteroatoms. The van der Waals surface area contributed by atoms with Crippen molar-refractivity contribution < 1.29 is 27.9 Å². The van der Waals surface area contributed by atoms with E-state index >= 15 is 0 Å². The van der Waals surface area contributed by atoms with Crippen LogP contribution in [-0.4, -0.2) is 34.4 Å². The van der Waals surface area contributed by atoms with Crippen LogP contribution < -0.4 is 5.32 Å². The summed E-state index contributed by atoms with van der Waals surface area (Å²) in [4.78, 5) is 27.1. The van der Waals surface area contributed by atoms with Crippen LogP contribution in [0, 0.1) is 0 Å². The molecular formula is C27H27F3N2O3. The minimum Gasteiger partial charge on any atom is -0.503 e. The molecule has 1 unspecified atom stereocenters. The Morgan fingerprint density at radius 3 is 2.40 bits per heavy atom. The Bertz CT molecular complexity index is 1170. The van der Waals surface area contributed by atoms with Gasteiger partial charge < -0.3 is 15.3 Å². The number of halogens is 3. The summed E-state index contributed by atoms with van der Waals surface area (Å²) in [6, 6.07) is 13.2. The van der Waals surface area contributed by atoms with Crippen molar-refractivity contribution in [2.24, 2.45) is 0 Å².